The Morgan fingerprint density at radius 2 is 1.68 bits per heavy atom. The number of rotatable bonds is 13. The van der Waals surface area contributed by atoms with Crippen LogP contribution < -0.4 is 19.5 Å². The summed E-state index contributed by atoms with van der Waals surface area (Å²) in [4.78, 5) is 12.0. The molecule has 31 heavy (non-hydrogen) atoms. The summed E-state index contributed by atoms with van der Waals surface area (Å²) < 4.78 is 37.5. The third-order valence-electron chi connectivity index (χ3n) is 4.24. The predicted octanol–water partition coefficient (Wildman–Crippen LogP) is 3.12. The van der Waals surface area contributed by atoms with Crippen LogP contribution in [0.5, 0.6) is 11.5 Å². The zero-order valence-electron chi connectivity index (χ0n) is 18.0. The van der Waals surface area contributed by atoms with Gasteiger partial charge < -0.3 is 14.8 Å². The van der Waals surface area contributed by atoms with Crippen molar-refractivity contribution in [1.29, 1.82) is 0 Å². The lowest BCUT2D eigenvalue weighted by atomic mass is 10.1. The lowest BCUT2D eigenvalue weighted by Crippen LogP contribution is -2.30. The molecule has 0 fully saturated rings. The standard InChI is InChI=1S/C23H30N2O5S/c1-3-29-21-11-10-20(18-22(21)30-4-2)12-15-24-23(26)13-16-25-31(27,28)17-14-19-8-6-5-7-9-19/h5-11,14,17-18,25H,3-4,12-13,15-16H2,1-2H3,(H,24,26)/b17-14+. The zero-order chi connectivity index (χ0) is 22.5. The predicted molar refractivity (Wildman–Crippen MR) is 123 cm³/mol. The lowest BCUT2D eigenvalue weighted by molar-refractivity contribution is -0.120. The van der Waals surface area contributed by atoms with Crippen LogP contribution in [-0.2, 0) is 21.2 Å². The van der Waals surface area contributed by atoms with Crippen molar-refractivity contribution >= 4 is 22.0 Å². The molecule has 0 aliphatic carbocycles. The maximum Gasteiger partial charge on any atom is 0.233 e. The highest BCUT2D eigenvalue weighted by Gasteiger charge is 2.09. The second-order valence-electron chi connectivity index (χ2n) is 6.65. The Morgan fingerprint density at radius 3 is 2.39 bits per heavy atom. The van der Waals surface area contributed by atoms with Crippen LogP contribution in [0.1, 0.15) is 31.4 Å². The number of nitrogens with one attached hydrogen (secondary N) is 2. The number of carbonyl (C=O) groups excluding carboxylic acids is 1. The van der Waals surface area contributed by atoms with Crippen molar-refractivity contribution in [3.8, 4) is 11.5 Å². The van der Waals surface area contributed by atoms with Gasteiger partial charge in [-0.05, 0) is 49.6 Å². The second-order valence-corrected chi connectivity index (χ2v) is 8.30. The van der Waals surface area contributed by atoms with E-state index < -0.39 is 10.0 Å². The number of amides is 1. The van der Waals surface area contributed by atoms with Gasteiger partial charge in [0, 0.05) is 24.9 Å². The smallest absolute Gasteiger partial charge is 0.233 e. The lowest BCUT2D eigenvalue weighted by Gasteiger charge is -2.12. The van der Waals surface area contributed by atoms with E-state index >= 15 is 0 Å². The van der Waals surface area contributed by atoms with E-state index in [1.54, 1.807) is 12.1 Å². The van der Waals surface area contributed by atoms with E-state index in [1.165, 1.54) is 6.08 Å². The Hall–Kier alpha value is -2.84. The van der Waals surface area contributed by atoms with Gasteiger partial charge in [-0.25, -0.2) is 13.1 Å². The second kappa shape index (κ2) is 12.8. The van der Waals surface area contributed by atoms with Crippen molar-refractivity contribution in [2.45, 2.75) is 26.7 Å². The molecule has 2 aromatic carbocycles. The number of carbonyl (C=O) groups is 1. The van der Waals surface area contributed by atoms with Crippen LogP contribution in [0.25, 0.3) is 6.08 Å². The van der Waals surface area contributed by atoms with Crippen LogP contribution in [-0.4, -0.2) is 40.6 Å². The Balaban J connectivity index is 1.73. The first-order chi connectivity index (χ1) is 14.9. The maximum absolute atomic E-state index is 12.0. The van der Waals surface area contributed by atoms with Gasteiger partial charge in [0.25, 0.3) is 0 Å². The average molecular weight is 447 g/mol. The highest BCUT2D eigenvalue weighted by atomic mass is 32.2. The van der Waals surface area contributed by atoms with Crippen molar-refractivity contribution in [3.63, 3.8) is 0 Å². The van der Waals surface area contributed by atoms with Gasteiger partial charge in [0.15, 0.2) is 11.5 Å². The number of sulfonamides is 1. The van der Waals surface area contributed by atoms with E-state index in [9.17, 15) is 13.2 Å². The number of ether oxygens (including phenoxy) is 2. The minimum Gasteiger partial charge on any atom is -0.490 e. The first kappa shape index (κ1) is 24.4. The quantitative estimate of drug-likeness (QED) is 0.493. The van der Waals surface area contributed by atoms with Crippen LogP contribution in [0.4, 0.5) is 0 Å². The molecule has 2 N–H and O–H groups in total. The monoisotopic (exact) mass is 446 g/mol. The van der Waals surface area contributed by atoms with E-state index in [4.69, 9.17) is 9.47 Å². The molecular weight excluding hydrogens is 416 g/mol. The van der Waals surface area contributed by atoms with Crippen molar-refractivity contribution in [2.24, 2.45) is 0 Å². The topological polar surface area (TPSA) is 93.7 Å². The molecule has 0 atom stereocenters. The molecule has 0 spiro atoms. The van der Waals surface area contributed by atoms with Crippen molar-refractivity contribution in [3.05, 3.63) is 65.1 Å². The molecule has 168 valence electrons. The molecule has 0 aromatic heterocycles. The largest absolute Gasteiger partial charge is 0.490 e. The molecule has 0 saturated heterocycles. The maximum atomic E-state index is 12.0. The number of hydrogen-bond acceptors (Lipinski definition) is 5. The number of benzene rings is 2. The van der Waals surface area contributed by atoms with Gasteiger partial charge in [0.05, 0.1) is 13.2 Å². The summed E-state index contributed by atoms with van der Waals surface area (Å²) in [6.07, 6.45) is 2.20. The van der Waals surface area contributed by atoms with Gasteiger partial charge in [-0.1, -0.05) is 36.4 Å². The van der Waals surface area contributed by atoms with Gasteiger partial charge in [0.1, 0.15) is 0 Å². The third kappa shape index (κ3) is 9.23. The number of hydrogen-bond donors (Lipinski definition) is 2. The van der Waals surface area contributed by atoms with E-state index in [1.807, 2.05) is 50.2 Å². The fourth-order valence-electron chi connectivity index (χ4n) is 2.77. The molecule has 0 aliphatic rings. The third-order valence-corrected chi connectivity index (χ3v) is 5.34. The van der Waals surface area contributed by atoms with Crippen molar-refractivity contribution < 1.29 is 22.7 Å². The first-order valence-electron chi connectivity index (χ1n) is 10.3. The molecule has 0 heterocycles. The molecule has 2 aromatic rings. The zero-order valence-corrected chi connectivity index (χ0v) is 18.8. The summed E-state index contributed by atoms with van der Waals surface area (Å²) in [6.45, 7) is 5.40. The molecule has 0 aliphatic heterocycles. The van der Waals surface area contributed by atoms with Gasteiger partial charge in [0.2, 0.25) is 15.9 Å². The highest BCUT2D eigenvalue weighted by molar-refractivity contribution is 7.92. The minimum atomic E-state index is -3.59. The summed E-state index contributed by atoms with van der Waals surface area (Å²) >= 11 is 0. The summed E-state index contributed by atoms with van der Waals surface area (Å²) in [5.41, 5.74) is 1.80. The fraction of sp³-hybridized carbons (Fsp3) is 0.348. The molecule has 7 nitrogen and oxygen atoms in total. The highest BCUT2D eigenvalue weighted by Crippen LogP contribution is 2.28. The summed E-state index contributed by atoms with van der Waals surface area (Å²) in [5, 5.41) is 3.90. The summed E-state index contributed by atoms with van der Waals surface area (Å²) in [7, 11) is -3.59. The molecule has 8 heteroatoms. The summed E-state index contributed by atoms with van der Waals surface area (Å²) in [5.74, 6) is 1.17. The van der Waals surface area contributed by atoms with Crippen molar-refractivity contribution in [1.82, 2.24) is 10.0 Å². The first-order valence-corrected chi connectivity index (χ1v) is 11.9. The van der Waals surface area contributed by atoms with E-state index in [-0.39, 0.29) is 18.9 Å². The molecule has 0 bridgehead atoms. The van der Waals surface area contributed by atoms with Gasteiger partial charge in [-0.15, -0.1) is 0 Å². The molecule has 0 radical (unpaired) electrons. The van der Waals surface area contributed by atoms with Crippen LogP contribution >= 0.6 is 0 Å². The molecular formula is C23H30N2O5S. The molecule has 0 unspecified atom stereocenters. The van der Waals surface area contributed by atoms with E-state index in [0.717, 1.165) is 16.5 Å². The Kier molecular flexibility index (Phi) is 10.1. The normalized spacial score (nSPS) is 11.4. The van der Waals surface area contributed by atoms with Gasteiger partial charge in [-0.2, -0.15) is 0 Å². The van der Waals surface area contributed by atoms with Crippen LogP contribution in [0.15, 0.2) is 53.9 Å². The van der Waals surface area contributed by atoms with Gasteiger partial charge >= 0.3 is 0 Å². The Bertz CT molecular complexity index is 959. The Labute approximate surface area is 184 Å². The van der Waals surface area contributed by atoms with Crippen LogP contribution in [0.2, 0.25) is 0 Å². The minimum absolute atomic E-state index is 0.0326. The Morgan fingerprint density at radius 1 is 0.968 bits per heavy atom. The molecule has 2 rings (SSSR count). The SMILES string of the molecule is CCOc1ccc(CCNC(=O)CCNS(=O)(=O)/C=C/c2ccccc2)cc1OCC. The summed E-state index contributed by atoms with van der Waals surface area (Å²) in [6, 6.07) is 14.8. The van der Waals surface area contributed by atoms with Gasteiger partial charge in [-0.3, -0.25) is 4.79 Å². The van der Waals surface area contributed by atoms with E-state index in [0.29, 0.717) is 37.7 Å². The fourth-order valence-corrected chi connectivity index (χ4v) is 3.59. The molecule has 1 amide bonds. The van der Waals surface area contributed by atoms with Crippen LogP contribution in [0.3, 0.4) is 0 Å². The molecule has 0 saturated carbocycles. The van der Waals surface area contributed by atoms with Crippen LogP contribution in [0, 0.1) is 0 Å². The van der Waals surface area contributed by atoms with Crippen molar-refractivity contribution in [2.75, 3.05) is 26.3 Å². The average Bonchev–Trinajstić information content (AvgIpc) is 2.75. The van der Waals surface area contributed by atoms with E-state index in [2.05, 4.69) is 10.0 Å².